The highest BCUT2D eigenvalue weighted by Crippen LogP contribution is 2.28. The second kappa shape index (κ2) is 6.95. The van der Waals surface area contributed by atoms with Gasteiger partial charge in [-0.05, 0) is 36.8 Å². The molecule has 0 spiro atoms. The quantitative estimate of drug-likeness (QED) is 0.851. The fraction of sp³-hybridized carbons (Fsp3) is 0.118. The van der Waals surface area contributed by atoms with Crippen LogP contribution in [0, 0.1) is 0 Å². The Morgan fingerprint density at radius 1 is 1.19 bits per heavy atom. The Balaban J connectivity index is 2.18. The third-order valence-electron chi connectivity index (χ3n) is 2.95. The van der Waals surface area contributed by atoms with E-state index in [2.05, 4.69) is 5.32 Å². The number of nitrogens with one attached hydrogen (secondary N) is 1. The van der Waals surface area contributed by atoms with Gasteiger partial charge in [-0.25, -0.2) is 0 Å². The van der Waals surface area contributed by atoms with E-state index in [1.807, 2.05) is 36.4 Å². The Hall–Kier alpha value is -2.26. The monoisotopic (exact) mass is 301 g/mol. The van der Waals surface area contributed by atoms with Crippen LogP contribution in [-0.4, -0.2) is 13.0 Å². The molecule has 4 heteroatoms. The molecule has 1 amide bonds. The summed E-state index contributed by atoms with van der Waals surface area (Å²) in [7, 11) is 1.55. The number of halogens is 1. The molecule has 0 atom stereocenters. The van der Waals surface area contributed by atoms with Crippen molar-refractivity contribution in [3.05, 3.63) is 64.7 Å². The number of methoxy groups -OCH3 is 1. The van der Waals surface area contributed by atoms with Crippen molar-refractivity contribution in [2.75, 3.05) is 12.4 Å². The van der Waals surface area contributed by atoms with Gasteiger partial charge < -0.3 is 10.1 Å². The minimum Gasteiger partial charge on any atom is -0.495 e. The first-order chi connectivity index (χ1) is 10.1. The van der Waals surface area contributed by atoms with E-state index in [1.165, 1.54) is 0 Å². The summed E-state index contributed by atoms with van der Waals surface area (Å²) in [4.78, 5) is 12.2. The van der Waals surface area contributed by atoms with E-state index in [0.29, 0.717) is 22.0 Å². The largest absolute Gasteiger partial charge is 0.495 e. The average Bonchev–Trinajstić information content (AvgIpc) is 2.48. The lowest BCUT2D eigenvalue weighted by molar-refractivity contribution is -0.112. The van der Waals surface area contributed by atoms with E-state index in [1.54, 1.807) is 32.2 Å². The highest BCUT2D eigenvalue weighted by molar-refractivity contribution is 6.31. The van der Waals surface area contributed by atoms with Crippen LogP contribution in [0.25, 0.3) is 6.08 Å². The van der Waals surface area contributed by atoms with E-state index in [4.69, 9.17) is 16.3 Å². The first kappa shape index (κ1) is 15.1. The summed E-state index contributed by atoms with van der Waals surface area (Å²) in [6, 6.07) is 14.8. The molecule has 0 aromatic heterocycles. The predicted molar refractivity (Wildman–Crippen MR) is 86.7 cm³/mol. The van der Waals surface area contributed by atoms with Crippen molar-refractivity contribution in [3.8, 4) is 5.75 Å². The molecule has 0 bridgehead atoms. The van der Waals surface area contributed by atoms with E-state index < -0.39 is 0 Å². The lowest BCUT2D eigenvalue weighted by Crippen LogP contribution is -2.13. The van der Waals surface area contributed by atoms with Gasteiger partial charge in [0.2, 0.25) is 0 Å². The molecule has 0 aliphatic rings. The van der Waals surface area contributed by atoms with Crippen molar-refractivity contribution in [1.29, 1.82) is 0 Å². The normalized spacial score (nSPS) is 11.1. The van der Waals surface area contributed by atoms with Gasteiger partial charge in [0.15, 0.2) is 0 Å². The highest BCUT2D eigenvalue weighted by Gasteiger charge is 2.09. The fourth-order valence-electron chi connectivity index (χ4n) is 1.86. The van der Waals surface area contributed by atoms with Crippen LogP contribution >= 0.6 is 11.6 Å². The molecule has 0 saturated heterocycles. The van der Waals surface area contributed by atoms with Gasteiger partial charge in [-0.1, -0.05) is 41.9 Å². The van der Waals surface area contributed by atoms with Gasteiger partial charge in [0.25, 0.3) is 5.91 Å². The third kappa shape index (κ3) is 4.10. The van der Waals surface area contributed by atoms with Crippen LogP contribution < -0.4 is 10.1 Å². The van der Waals surface area contributed by atoms with Crippen LogP contribution in [0.3, 0.4) is 0 Å². The summed E-state index contributed by atoms with van der Waals surface area (Å²) in [6.45, 7) is 1.76. The van der Waals surface area contributed by atoms with Gasteiger partial charge in [0.1, 0.15) is 5.75 Å². The number of hydrogen-bond acceptors (Lipinski definition) is 2. The van der Waals surface area contributed by atoms with Gasteiger partial charge in [-0.2, -0.15) is 0 Å². The first-order valence-electron chi connectivity index (χ1n) is 6.48. The maximum Gasteiger partial charge on any atom is 0.251 e. The number of benzene rings is 2. The molecule has 108 valence electrons. The second-order valence-corrected chi connectivity index (χ2v) is 4.97. The minimum atomic E-state index is -0.195. The van der Waals surface area contributed by atoms with Gasteiger partial charge in [-0.15, -0.1) is 0 Å². The Kier molecular flexibility index (Phi) is 5.01. The zero-order valence-corrected chi connectivity index (χ0v) is 12.6. The predicted octanol–water partition coefficient (Wildman–Crippen LogP) is 4.39. The van der Waals surface area contributed by atoms with Crippen molar-refractivity contribution in [2.24, 2.45) is 0 Å². The van der Waals surface area contributed by atoms with Crippen LogP contribution in [0.1, 0.15) is 12.5 Å². The Morgan fingerprint density at radius 2 is 1.90 bits per heavy atom. The van der Waals surface area contributed by atoms with Crippen molar-refractivity contribution < 1.29 is 9.53 Å². The standard InChI is InChI=1S/C17H16ClNO2/c1-12(10-13-6-4-3-5-7-13)17(20)19-15-11-14(18)8-9-16(15)21-2/h3-11H,1-2H3,(H,19,20)/b12-10-. The van der Waals surface area contributed by atoms with Crippen LogP contribution in [0.15, 0.2) is 54.1 Å². The van der Waals surface area contributed by atoms with Gasteiger partial charge in [-0.3, -0.25) is 4.79 Å². The van der Waals surface area contributed by atoms with Gasteiger partial charge >= 0.3 is 0 Å². The van der Waals surface area contributed by atoms with Crippen molar-refractivity contribution in [3.63, 3.8) is 0 Å². The van der Waals surface area contributed by atoms with E-state index in [-0.39, 0.29) is 5.91 Å². The zero-order chi connectivity index (χ0) is 15.2. The molecular formula is C17H16ClNO2. The Morgan fingerprint density at radius 3 is 2.57 bits per heavy atom. The zero-order valence-electron chi connectivity index (χ0n) is 11.9. The smallest absolute Gasteiger partial charge is 0.251 e. The molecule has 0 unspecified atom stereocenters. The third-order valence-corrected chi connectivity index (χ3v) is 3.19. The molecule has 3 nitrogen and oxygen atoms in total. The SMILES string of the molecule is COc1ccc(Cl)cc1NC(=O)/C(C)=C\c1ccccc1. The fourth-order valence-corrected chi connectivity index (χ4v) is 2.04. The molecular weight excluding hydrogens is 286 g/mol. The topological polar surface area (TPSA) is 38.3 Å². The molecule has 0 fully saturated rings. The van der Waals surface area contributed by atoms with E-state index in [0.717, 1.165) is 5.56 Å². The number of hydrogen-bond donors (Lipinski definition) is 1. The second-order valence-electron chi connectivity index (χ2n) is 4.54. The van der Waals surface area contributed by atoms with E-state index >= 15 is 0 Å². The van der Waals surface area contributed by atoms with Gasteiger partial charge in [0, 0.05) is 10.6 Å². The number of ether oxygens (including phenoxy) is 1. The molecule has 0 aliphatic heterocycles. The molecule has 1 N–H and O–H groups in total. The summed E-state index contributed by atoms with van der Waals surface area (Å²) in [5, 5.41) is 3.34. The molecule has 2 rings (SSSR count). The number of carbonyl (C=O) groups is 1. The molecule has 0 saturated carbocycles. The molecule has 0 heterocycles. The van der Waals surface area contributed by atoms with Crippen molar-refractivity contribution in [1.82, 2.24) is 0 Å². The number of rotatable bonds is 4. The van der Waals surface area contributed by atoms with Crippen LogP contribution in [0.2, 0.25) is 5.02 Å². The number of anilines is 1. The number of carbonyl (C=O) groups excluding carboxylic acids is 1. The van der Waals surface area contributed by atoms with Gasteiger partial charge in [0.05, 0.1) is 12.8 Å². The summed E-state index contributed by atoms with van der Waals surface area (Å²) in [5.41, 5.74) is 2.13. The summed E-state index contributed by atoms with van der Waals surface area (Å²) in [5.74, 6) is 0.375. The maximum absolute atomic E-state index is 12.2. The Labute approximate surface area is 129 Å². The molecule has 2 aromatic rings. The van der Waals surface area contributed by atoms with Crippen molar-refractivity contribution >= 4 is 29.3 Å². The molecule has 21 heavy (non-hydrogen) atoms. The molecule has 2 aromatic carbocycles. The average molecular weight is 302 g/mol. The summed E-state index contributed by atoms with van der Waals surface area (Å²) in [6.07, 6.45) is 1.83. The van der Waals surface area contributed by atoms with Crippen LogP contribution in [0.5, 0.6) is 5.75 Å². The number of amides is 1. The Bertz CT molecular complexity index is 666. The van der Waals surface area contributed by atoms with Crippen LogP contribution in [0.4, 0.5) is 5.69 Å². The van der Waals surface area contributed by atoms with Crippen molar-refractivity contribution in [2.45, 2.75) is 6.92 Å². The first-order valence-corrected chi connectivity index (χ1v) is 6.86. The minimum absolute atomic E-state index is 0.195. The maximum atomic E-state index is 12.2. The highest BCUT2D eigenvalue weighted by atomic mass is 35.5. The molecule has 0 aliphatic carbocycles. The lowest BCUT2D eigenvalue weighted by atomic mass is 10.1. The van der Waals surface area contributed by atoms with E-state index in [9.17, 15) is 4.79 Å². The molecule has 0 radical (unpaired) electrons. The van der Waals surface area contributed by atoms with Crippen LogP contribution in [-0.2, 0) is 4.79 Å². The summed E-state index contributed by atoms with van der Waals surface area (Å²) < 4.78 is 5.21. The summed E-state index contributed by atoms with van der Waals surface area (Å²) >= 11 is 5.95. The lowest BCUT2D eigenvalue weighted by Gasteiger charge is -2.10.